The number of benzene rings is 1. The van der Waals surface area contributed by atoms with Crippen LogP contribution in [-0.2, 0) is 0 Å². The average molecular weight is 248 g/mol. The zero-order valence-electron chi connectivity index (χ0n) is 9.99. The highest BCUT2D eigenvalue weighted by atomic mass is 32.1. The van der Waals surface area contributed by atoms with E-state index >= 15 is 0 Å². The summed E-state index contributed by atoms with van der Waals surface area (Å²) in [5.41, 5.74) is 7.11. The fraction of sp³-hybridized carbons (Fsp3) is 0.385. The van der Waals surface area contributed by atoms with Crippen molar-refractivity contribution in [1.82, 2.24) is 5.32 Å². The second kappa shape index (κ2) is 4.11. The second-order valence-corrected chi connectivity index (χ2v) is 5.60. The average Bonchev–Trinajstić information content (AvgIpc) is 2.86. The Labute approximate surface area is 106 Å². The molecule has 3 N–H and O–H groups in total. The van der Waals surface area contributed by atoms with Crippen molar-refractivity contribution < 1.29 is 4.79 Å². The van der Waals surface area contributed by atoms with Gasteiger partial charge in [-0.05, 0) is 24.0 Å². The molecular formula is C13H16N2OS. The Morgan fingerprint density at radius 3 is 2.59 bits per heavy atom. The molecule has 1 aliphatic carbocycles. The minimum Gasteiger partial charge on any atom is -0.389 e. The SMILES string of the molecule is CC1(C)CC1NC(=O)c1cccc(C(N)=S)c1. The van der Waals surface area contributed by atoms with Crippen molar-refractivity contribution in [3.63, 3.8) is 0 Å². The van der Waals surface area contributed by atoms with Crippen LogP contribution in [0, 0.1) is 5.41 Å². The van der Waals surface area contributed by atoms with E-state index in [9.17, 15) is 4.79 Å². The van der Waals surface area contributed by atoms with E-state index in [2.05, 4.69) is 19.2 Å². The normalized spacial score (nSPS) is 20.7. The molecule has 1 aromatic carbocycles. The molecule has 0 bridgehead atoms. The highest BCUT2D eigenvalue weighted by molar-refractivity contribution is 7.80. The van der Waals surface area contributed by atoms with Gasteiger partial charge in [-0.2, -0.15) is 0 Å². The van der Waals surface area contributed by atoms with Crippen LogP contribution >= 0.6 is 12.2 Å². The highest BCUT2D eigenvalue weighted by Gasteiger charge is 2.46. The maximum atomic E-state index is 12.0. The molecule has 0 radical (unpaired) electrons. The molecule has 2 rings (SSSR count). The minimum atomic E-state index is -0.0568. The maximum Gasteiger partial charge on any atom is 0.251 e. The van der Waals surface area contributed by atoms with Crippen molar-refractivity contribution in [3.05, 3.63) is 35.4 Å². The van der Waals surface area contributed by atoms with Crippen molar-refractivity contribution in [2.45, 2.75) is 26.3 Å². The van der Waals surface area contributed by atoms with E-state index in [1.807, 2.05) is 0 Å². The minimum absolute atomic E-state index is 0.0568. The van der Waals surface area contributed by atoms with Gasteiger partial charge < -0.3 is 11.1 Å². The molecule has 17 heavy (non-hydrogen) atoms. The van der Waals surface area contributed by atoms with Gasteiger partial charge in [0.2, 0.25) is 0 Å². The lowest BCUT2D eigenvalue weighted by atomic mass is 10.1. The summed E-state index contributed by atoms with van der Waals surface area (Å²) in [5.74, 6) is -0.0568. The number of hydrogen-bond acceptors (Lipinski definition) is 2. The number of thiocarbonyl (C=S) groups is 1. The predicted octanol–water partition coefficient (Wildman–Crippen LogP) is 1.85. The summed E-state index contributed by atoms with van der Waals surface area (Å²) in [6.45, 7) is 4.28. The molecule has 4 heteroatoms. The Kier molecular flexibility index (Phi) is 2.91. The Morgan fingerprint density at radius 2 is 2.06 bits per heavy atom. The van der Waals surface area contributed by atoms with E-state index in [-0.39, 0.29) is 17.4 Å². The lowest BCUT2D eigenvalue weighted by molar-refractivity contribution is 0.0946. The molecule has 1 amide bonds. The first-order valence-corrected chi connectivity index (χ1v) is 6.02. The predicted molar refractivity (Wildman–Crippen MR) is 72.0 cm³/mol. The van der Waals surface area contributed by atoms with Crippen LogP contribution in [0.2, 0.25) is 0 Å². The van der Waals surface area contributed by atoms with Gasteiger partial charge in [0, 0.05) is 17.2 Å². The van der Waals surface area contributed by atoms with Crippen molar-refractivity contribution >= 4 is 23.1 Å². The summed E-state index contributed by atoms with van der Waals surface area (Å²) in [4.78, 5) is 12.3. The molecule has 1 atom stereocenters. The Bertz CT molecular complexity index is 482. The lowest BCUT2D eigenvalue weighted by Gasteiger charge is -2.07. The summed E-state index contributed by atoms with van der Waals surface area (Å²) in [6.07, 6.45) is 1.04. The molecule has 0 spiro atoms. The molecule has 0 heterocycles. The van der Waals surface area contributed by atoms with Crippen LogP contribution < -0.4 is 11.1 Å². The molecular weight excluding hydrogens is 232 g/mol. The fourth-order valence-electron chi connectivity index (χ4n) is 1.77. The van der Waals surface area contributed by atoms with Crippen LogP contribution in [0.3, 0.4) is 0 Å². The van der Waals surface area contributed by atoms with Crippen LogP contribution in [-0.4, -0.2) is 16.9 Å². The van der Waals surface area contributed by atoms with Gasteiger partial charge in [-0.25, -0.2) is 0 Å². The van der Waals surface area contributed by atoms with E-state index in [4.69, 9.17) is 18.0 Å². The molecule has 1 aromatic rings. The van der Waals surface area contributed by atoms with Gasteiger partial charge in [-0.15, -0.1) is 0 Å². The van der Waals surface area contributed by atoms with E-state index < -0.39 is 0 Å². The smallest absolute Gasteiger partial charge is 0.251 e. The van der Waals surface area contributed by atoms with Gasteiger partial charge in [0.15, 0.2) is 0 Å². The number of carbonyl (C=O) groups is 1. The van der Waals surface area contributed by atoms with Crippen molar-refractivity contribution in [1.29, 1.82) is 0 Å². The van der Waals surface area contributed by atoms with Gasteiger partial charge in [0.25, 0.3) is 5.91 Å². The van der Waals surface area contributed by atoms with Crippen LogP contribution in [0.5, 0.6) is 0 Å². The summed E-state index contributed by atoms with van der Waals surface area (Å²) < 4.78 is 0. The largest absolute Gasteiger partial charge is 0.389 e. The number of rotatable bonds is 3. The molecule has 1 unspecified atom stereocenters. The molecule has 0 aromatic heterocycles. The van der Waals surface area contributed by atoms with E-state index in [1.165, 1.54) is 0 Å². The Hall–Kier alpha value is -1.42. The quantitative estimate of drug-likeness (QED) is 0.803. The Morgan fingerprint density at radius 1 is 1.47 bits per heavy atom. The van der Waals surface area contributed by atoms with Gasteiger partial charge in [-0.1, -0.05) is 38.2 Å². The number of nitrogens with two attached hydrogens (primary N) is 1. The molecule has 1 aliphatic rings. The molecule has 90 valence electrons. The second-order valence-electron chi connectivity index (χ2n) is 5.16. The highest BCUT2D eigenvalue weighted by Crippen LogP contribution is 2.44. The molecule has 3 nitrogen and oxygen atoms in total. The molecule has 1 saturated carbocycles. The Balaban J connectivity index is 2.09. The van der Waals surface area contributed by atoms with Crippen LogP contribution in [0.1, 0.15) is 36.2 Å². The summed E-state index contributed by atoms with van der Waals surface area (Å²) in [5, 5.41) is 3.00. The standard InChI is InChI=1S/C13H16N2OS/c1-13(2)7-10(13)15-12(16)9-5-3-4-8(6-9)11(14)17/h3-6,10H,7H2,1-2H3,(H2,14,17)(H,15,16). The number of hydrogen-bond donors (Lipinski definition) is 2. The van der Waals surface area contributed by atoms with Crippen molar-refractivity contribution in [2.24, 2.45) is 11.1 Å². The van der Waals surface area contributed by atoms with Crippen LogP contribution in [0.15, 0.2) is 24.3 Å². The van der Waals surface area contributed by atoms with Gasteiger partial charge in [-0.3, -0.25) is 4.79 Å². The molecule has 0 saturated heterocycles. The third-order valence-corrected chi connectivity index (χ3v) is 3.46. The van der Waals surface area contributed by atoms with E-state index in [1.54, 1.807) is 24.3 Å². The maximum absolute atomic E-state index is 12.0. The topological polar surface area (TPSA) is 55.1 Å². The third kappa shape index (κ3) is 2.64. The summed E-state index contributed by atoms with van der Waals surface area (Å²) >= 11 is 4.89. The van der Waals surface area contributed by atoms with E-state index in [0.29, 0.717) is 10.6 Å². The zero-order valence-corrected chi connectivity index (χ0v) is 10.8. The zero-order chi connectivity index (χ0) is 12.6. The van der Waals surface area contributed by atoms with Crippen molar-refractivity contribution in [3.8, 4) is 0 Å². The lowest BCUT2D eigenvalue weighted by Crippen LogP contribution is -2.28. The van der Waals surface area contributed by atoms with Gasteiger partial charge >= 0.3 is 0 Å². The first kappa shape index (κ1) is 12.0. The number of carbonyl (C=O) groups excluding carboxylic acids is 1. The van der Waals surface area contributed by atoms with Crippen LogP contribution in [0.4, 0.5) is 0 Å². The number of amides is 1. The van der Waals surface area contributed by atoms with Crippen molar-refractivity contribution in [2.75, 3.05) is 0 Å². The van der Waals surface area contributed by atoms with E-state index in [0.717, 1.165) is 12.0 Å². The first-order chi connectivity index (χ1) is 7.90. The van der Waals surface area contributed by atoms with Gasteiger partial charge in [0.1, 0.15) is 4.99 Å². The molecule has 1 fully saturated rings. The van der Waals surface area contributed by atoms with Gasteiger partial charge in [0.05, 0.1) is 0 Å². The first-order valence-electron chi connectivity index (χ1n) is 5.61. The number of nitrogens with one attached hydrogen (secondary N) is 1. The fourth-order valence-corrected chi connectivity index (χ4v) is 1.90. The third-order valence-electron chi connectivity index (χ3n) is 3.23. The summed E-state index contributed by atoms with van der Waals surface area (Å²) in [6, 6.07) is 7.38. The van der Waals surface area contributed by atoms with Crippen LogP contribution in [0.25, 0.3) is 0 Å². The molecule has 0 aliphatic heterocycles. The monoisotopic (exact) mass is 248 g/mol. The summed E-state index contributed by atoms with van der Waals surface area (Å²) in [7, 11) is 0.